The van der Waals surface area contributed by atoms with Crippen LogP contribution in [-0.2, 0) is 6.42 Å². The predicted molar refractivity (Wildman–Crippen MR) is 82.3 cm³/mol. The summed E-state index contributed by atoms with van der Waals surface area (Å²) in [5, 5.41) is 4.62. The number of hydrogen-bond acceptors (Lipinski definition) is 2. The molecule has 1 nitrogen and oxygen atoms in total. The third-order valence-corrected chi connectivity index (χ3v) is 5.28. The van der Waals surface area contributed by atoms with E-state index in [0.717, 1.165) is 11.7 Å². The SMILES string of the molecule is CCc1ccc(C(C)NC2CCCC2SC)cc1. The first-order valence-corrected chi connectivity index (χ1v) is 8.41. The minimum Gasteiger partial charge on any atom is -0.306 e. The summed E-state index contributed by atoms with van der Waals surface area (Å²) in [6, 6.07) is 10.2. The first-order chi connectivity index (χ1) is 8.74. The third kappa shape index (κ3) is 3.30. The zero-order chi connectivity index (χ0) is 13.0. The van der Waals surface area contributed by atoms with E-state index in [2.05, 4.69) is 49.7 Å². The van der Waals surface area contributed by atoms with Crippen molar-refractivity contribution in [1.82, 2.24) is 5.32 Å². The molecule has 0 aromatic heterocycles. The molecule has 0 aliphatic heterocycles. The molecule has 1 aromatic carbocycles. The van der Waals surface area contributed by atoms with Crippen molar-refractivity contribution in [3.63, 3.8) is 0 Å². The van der Waals surface area contributed by atoms with Gasteiger partial charge in [0.2, 0.25) is 0 Å². The Morgan fingerprint density at radius 2 is 2.00 bits per heavy atom. The minimum absolute atomic E-state index is 0.466. The Balaban J connectivity index is 1.95. The molecule has 0 bridgehead atoms. The summed E-state index contributed by atoms with van der Waals surface area (Å²) in [5.74, 6) is 0. The molecule has 2 heteroatoms. The number of hydrogen-bond donors (Lipinski definition) is 1. The van der Waals surface area contributed by atoms with E-state index >= 15 is 0 Å². The van der Waals surface area contributed by atoms with Crippen molar-refractivity contribution in [2.24, 2.45) is 0 Å². The van der Waals surface area contributed by atoms with Crippen molar-refractivity contribution >= 4 is 11.8 Å². The largest absolute Gasteiger partial charge is 0.306 e. The smallest absolute Gasteiger partial charge is 0.0294 e. The van der Waals surface area contributed by atoms with Gasteiger partial charge in [-0.2, -0.15) is 11.8 Å². The molecule has 1 aromatic rings. The molecule has 3 unspecified atom stereocenters. The van der Waals surface area contributed by atoms with E-state index in [0.29, 0.717) is 12.1 Å². The lowest BCUT2D eigenvalue weighted by Crippen LogP contribution is -2.35. The minimum atomic E-state index is 0.466. The molecule has 1 fully saturated rings. The molecule has 3 atom stereocenters. The molecule has 1 N–H and O–H groups in total. The Labute approximate surface area is 116 Å². The normalized spacial score (nSPS) is 25.3. The van der Waals surface area contributed by atoms with Gasteiger partial charge in [-0.05, 0) is 43.6 Å². The number of nitrogens with one attached hydrogen (secondary N) is 1. The van der Waals surface area contributed by atoms with E-state index in [9.17, 15) is 0 Å². The highest BCUT2D eigenvalue weighted by Gasteiger charge is 2.27. The number of aryl methyl sites for hydroxylation is 1. The summed E-state index contributed by atoms with van der Waals surface area (Å²) in [5.41, 5.74) is 2.84. The fourth-order valence-electron chi connectivity index (χ4n) is 2.86. The van der Waals surface area contributed by atoms with Crippen LogP contribution in [0, 0.1) is 0 Å². The van der Waals surface area contributed by atoms with Gasteiger partial charge in [-0.3, -0.25) is 0 Å². The molecule has 0 radical (unpaired) electrons. The first-order valence-electron chi connectivity index (χ1n) is 7.12. The van der Waals surface area contributed by atoms with Crippen molar-refractivity contribution < 1.29 is 0 Å². The molecule has 2 rings (SSSR count). The molecule has 0 amide bonds. The monoisotopic (exact) mass is 263 g/mol. The summed E-state index contributed by atoms with van der Waals surface area (Å²) >= 11 is 2.02. The molecule has 0 heterocycles. The van der Waals surface area contributed by atoms with Crippen LogP contribution in [0.1, 0.15) is 50.3 Å². The second kappa shape index (κ2) is 6.63. The number of rotatable bonds is 5. The van der Waals surface area contributed by atoms with Gasteiger partial charge in [-0.25, -0.2) is 0 Å². The predicted octanol–water partition coefficient (Wildman–Crippen LogP) is 4.18. The van der Waals surface area contributed by atoms with E-state index in [-0.39, 0.29) is 0 Å². The van der Waals surface area contributed by atoms with Crippen LogP contribution in [0.25, 0.3) is 0 Å². The Bertz CT molecular complexity index is 360. The van der Waals surface area contributed by atoms with Crippen LogP contribution in [0.15, 0.2) is 24.3 Å². The molecule has 1 aliphatic rings. The highest BCUT2D eigenvalue weighted by molar-refractivity contribution is 7.99. The molecule has 18 heavy (non-hydrogen) atoms. The standard InChI is InChI=1S/C16H25NS/c1-4-13-8-10-14(11-9-13)12(2)17-15-6-5-7-16(15)18-3/h8-12,15-17H,4-7H2,1-3H3. The highest BCUT2D eigenvalue weighted by atomic mass is 32.2. The van der Waals surface area contributed by atoms with Crippen molar-refractivity contribution in [3.05, 3.63) is 35.4 Å². The zero-order valence-corrected chi connectivity index (χ0v) is 12.6. The molecule has 0 saturated heterocycles. The third-order valence-electron chi connectivity index (χ3n) is 4.11. The lowest BCUT2D eigenvalue weighted by molar-refractivity contribution is 0.467. The second-order valence-electron chi connectivity index (χ2n) is 5.30. The summed E-state index contributed by atoms with van der Waals surface area (Å²) in [6.45, 7) is 4.49. The number of thioether (sulfide) groups is 1. The van der Waals surface area contributed by atoms with Gasteiger partial charge in [0, 0.05) is 17.3 Å². The van der Waals surface area contributed by atoms with Gasteiger partial charge in [0.1, 0.15) is 0 Å². The molecular weight excluding hydrogens is 238 g/mol. The maximum Gasteiger partial charge on any atom is 0.0294 e. The Morgan fingerprint density at radius 1 is 1.28 bits per heavy atom. The topological polar surface area (TPSA) is 12.0 Å². The van der Waals surface area contributed by atoms with Crippen LogP contribution in [0.4, 0.5) is 0 Å². The van der Waals surface area contributed by atoms with Gasteiger partial charge in [0.15, 0.2) is 0 Å². The van der Waals surface area contributed by atoms with Gasteiger partial charge in [-0.15, -0.1) is 0 Å². The van der Waals surface area contributed by atoms with Crippen LogP contribution in [-0.4, -0.2) is 17.5 Å². The van der Waals surface area contributed by atoms with Crippen molar-refractivity contribution in [3.8, 4) is 0 Å². The van der Waals surface area contributed by atoms with E-state index in [1.807, 2.05) is 11.8 Å². The Hall–Kier alpha value is -0.470. The Kier molecular flexibility index (Phi) is 5.13. The highest BCUT2D eigenvalue weighted by Crippen LogP contribution is 2.30. The van der Waals surface area contributed by atoms with Crippen LogP contribution < -0.4 is 5.32 Å². The molecule has 100 valence electrons. The summed E-state index contributed by atoms with van der Waals surface area (Å²) in [7, 11) is 0. The maximum absolute atomic E-state index is 3.81. The van der Waals surface area contributed by atoms with Crippen molar-refractivity contribution in [2.45, 2.75) is 56.9 Å². The average Bonchev–Trinajstić information content (AvgIpc) is 2.86. The molecule has 1 saturated carbocycles. The quantitative estimate of drug-likeness (QED) is 0.855. The van der Waals surface area contributed by atoms with E-state index in [1.54, 1.807) is 0 Å². The van der Waals surface area contributed by atoms with Gasteiger partial charge in [-0.1, -0.05) is 37.6 Å². The zero-order valence-electron chi connectivity index (χ0n) is 11.8. The lowest BCUT2D eigenvalue weighted by atomic mass is 10.0. The van der Waals surface area contributed by atoms with Gasteiger partial charge < -0.3 is 5.32 Å². The van der Waals surface area contributed by atoms with E-state index in [4.69, 9.17) is 0 Å². The summed E-state index contributed by atoms with van der Waals surface area (Å²) in [4.78, 5) is 0. The summed E-state index contributed by atoms with van der Waals surface area (Å²) in [6.07, 6.45) is 7.46. The first kappa shape index (κ1) is 14.0. The second-order valence-corrected chi connectivity index (χ2v) is 6.37. The maximum atomic E-state index is 3.81. The molecule has 0 spiro atoms. The van der Waals surface area contributed by atoms with E-state index < -0.39 is 0 Å². The average molecular weight is 263 g/mol. The van der Waals surface area contributed by atoms with Crippen molar-refractivity contribution in [1.29, 1.82) is 0 Å². The fraction of sp³-hybridized carbons (Fsp3) is 0.625. The molecular formula is C16H25NS. The van der Waals surface area contributed by atoms with Crippen LogP contribution in [0.2, 0.25) is 0 Å². The lowest BCUT2D eigenvalue weighted by Gasteiger charge is -2.24. The van der Waals surface area contributed by atoms with Gasteiger partial charge in [0.05, 0.1) is 0 Å². The van der Waals surface area contributed by atoms with Crippen molar-refractivity contribution in [2.75, 3.05) is 6.26 Å². The Morgan fingerprint density at radius 3 is 2.61 bits per heavy atom. The van der Waals surface area contributed by atoms with Crippen LogP contribution >= 0.6 is 11.8 Å². The fourth-order valence-corrected chi connectivity index (χ4v) is 3.80. The number of benzene rings is 1. The summed E-state index contributed by atoms with van der Waals surface area (Å²) < 4.78 is 0. The van der Waals surface area contributed by atoms with E-state index in [1.165, 1.54) is 30.4 Å². The van der Waals surface area contributed by atoms with Gasteiger partial charge in [0.25, 0.3) is 0 Å². The van der Waals surface area contributed by atoms with Crippen LogP contribution in [0.3, 0.4) is 0 Å². The molecule has 1 aliphatic carbocycles. The van der Waals surface area contributed by atoms with Gasteiger partial charge >= 0.3 is 0 Å². The van der Waals surface area contributed by atoms with Crippen LogP contribution in [0.5, 0.6) is 0 Å².